The molecule has 2 heterocycles. The smallest absolute Gasteiger partial charge is 0.319 e. The van der Waals surface area contributed by atoms with E-state index in [0.29, 0.717) is 19.6 Å². The van der Waals surface area contributed by atoms with Crippen LogP contribution < -0.4 is 0 Å². The lowest BCUT2D eigenvalue weighted by atomic mass is 10.0. The van der Waals surface area contributed by atoms with Crippen molar-refractivity contribution < 1.29 is 17.6 Å². The van der Waals surface area contributed by atoms with Gasteiger partial charge in [0.15, 0.2) is 9.84 Å². The zero-order valence-corrected chi connectivity index (χ0v) is 15.6. The molecule has 0 radical (unpaired) electrons. The van der Waals surface area contributed by atoms with Crippen molar-refractivity contribution in [2.24, 2.45) is 0 Å². The van der Waals surface area contributed by atoms with Crippen LogP contribution in [0.4, 0.5) is 9.18 Å². The number of fused-ring (bicyclic) bond motifs is 1. The molecule has 0 aromatic heterocycles. The number of carbonyl (C=O) groups excluding carboxylic acids is 1. The van der Waals surface area contributed by atoms with Gasteiger partial charge in [-0.2, -0.15) is 0 Å². The molecule has 2 aliphatic heterocycles. The maximum absolute atomic E-state index is 13.3. The molecule has 0 unspecified atom stereocenters. The summed E-state index contributed by atoms with van der Waals surface area (Å²) >= 11 is 0. The van der Waals surface area contributed by atoms with Gasteiger partial charge < -0.3 is 9.80 Å². The van der Waals surface area contributed by atoms with Crippen LogP contribution in [0.2, 0.25) is 0 Å². The van der Waals surface area contributed by atoms with E-state index in [9.17, 15) is 17.6 Å². The van der Waals surface area contributed by atoms with E-state index in [4.69, 9.17) is 0 Å². The number of rotatable bonds is 2. The van der Waals surface area contributed by atoms with Gasteiger partial charge in [0.1, 0.15) is 5.82 Å². The summed E-state index contributed by atoms with van der Waals surface area (Å²) in [4.78, 5) is 17.7. The van der Waals surface area contributed by atoms with Gasteiger partial charge in [-0.1, -0.05) is 6.07 Å². The largest absolute Gasteiger partial charge is 0.331 e. The first-order valence-electron chi connectivity index (χ1n) is 8.35. The quantitative estimate of drug-likeness (QED) is 0.783. The standard InChI is InChI=1S/C17H24FN3O3S/c1-12-8-14(18)5-4-13(12)9-20-6-7-21(17(22)19(2)3)16-11-25(23,24)10-15(16)20/h4-5,8,15-16H,6-7,9-11H2,1-3H3/t15-,16+/m1/s1. The van der Waals surface area contributed by atoms with Gasteiger partial charge in [-0.15, -0.1) is 0 Å². The fourth-order valence-electron chi connectivity index (χ4n) is 3.77. The number of carbonyl (C=O) groups is 1. The molecule has 2 fully saturated rings. The lowest BCUT2D eigenvalue weighted by molar-refractivity contribution is 0.0519. The van der Waals surface area contributed by atoms with Crippen molar-refractivity contribution in [3.05, 3.63) is 35.1 Å². The van der Waals surface area contributed by atoms with Crippen LogP contribution in [0.3, 0.4) is 0 Å². The van der Waals surface area contributed by atoms with Gasteiger partial charge in [0.25, 0.3) is 0 Å². The Labute approximate surface area is 148 Å². The molecule has 1 aromatic rings. The molecular weight excluding hydrogens is 345 g/mol. The monoisotopic (exact) mass is 369 g/mol. The zero-order chi connectivity index (χ0) is 18.4. The molecule has 2 atom stereocenters. The minimum Gasteiger partial charge on any atom is -0.331 e. The van der Waals surface area contributed by atoms with Gasteiger partial charge in [-0.25, -0.2) is 17.6 Å². The van der Waals surface area contributed by atoms with E-state index < -0.39 is 9.84 Å². The fourth-order valence-corrected chi connectivity index (χ4v) is 5.78. The summed E-state index contributed by atoms with van der Waals surface area (Å²) in [5.41, 5.74) is 1.83. The van der Waals surface area contributed by atoms with E-state index in [1.165, 1.54) is 17.0 Å². The Kier molecular flexibility index (Phi) is 4.76. The van der Waals surface area contributed by atoms with Crippen LogP contribution in [0, 0.1) is 12.7 Å². The molecule has 0 spiro atoms. The van der Waals surface area contributed by atoms with Crippen LogP contribution in [0.5, 0.6) is 0 Å². The van der Waals surface area contributed by atoms with E-state index in [-0.39, 0.29) is 35.4 Å². The summed E-state index contributed by atoms with van der Waals surface area (Å²) in [7, 11) is 0.174. The van der Waals surface area contributed by atoms with Crippen molar-refractivity contribution in [2.45, 2.75) is 25.6 Å². The van der Waals surface area contributed by atoms with Gasteiger partial charge in [-0.05, 0) is 30.2 Å². The molecule has 8 heteroatoms. The predicted octanol–water partition coefficient (Wildman–Crippen LogP) is 1.10. The number of benzene rings is 1. The van der Waals surface area contributed by atoms with Gasteiger partial charge in [0, 0.05) is 39.8 Å². The molecule has 6 nitrogen and oxygen atoms in total. The average molecular weight is 369 g/mol. The zero-order valence-electron chi connectivity index (χ0n) is 14.8. The number of piperazine rings is 1. The number of aryl methyl sites for hydroxylation is 1. The summed E-state index contributed by atoms with van der Waals surface area (Å²) < 4.78 is 37.8. The first kappa shape index (κ1) is 18.1. The van der Waals surface area contributed by atoms with E-state index in [1.807, 2.05) is 6.92 Å². The van der Waals surface area contributed by atoms with E-state index in [2.05, 4.69) is 4.90 Å². The number of urea groups is 1. The summed E-state index contributed by atoms with van der Waals surface area (Å²) in [6.07, 6.45) is 0. The molecule has 25 heavy (non-hydrogen) atoms. The van der Waals surface area contributed by atoms with Crippen LogP contribution in [0.15, 0.2) is 18.2 Å². The maximum atomic E-state index is 13.3. The molecule has 2 amide bonds. The highest BCUT2D eigenvalue weighted by atomic mass is 32.2. The fraction of sp³-hybridized carbons (Fsp3) is 0.588. The number of sulfone groups is 1. The van der Waals surface area contributed by atoms with Crippen molar-refractivity contribution in [1.29, 1.82) is 0 Å². The molecule has 138 valence electrons. The molecule has 2 aliphatic rings. The lowest BCUT2D eigenvalue weighted by Crippen LogP contribution is -2.61. The number of amides is 2. The number of halogens is 1. The second-order valence-corrected chi connectivity index (χ2v) is 9.28. The number of nitrogens with zero attached hydrogens (tertiary/aromatic N) is 3. The molecule has 3 rings (SSSR count). The summed E-state index contributed by atoms with van der Waals surface area (Å²) in [6, 6.07) is 3.98. The Morgan fingerprint density at radius 3 is 2.56 bits per heavy atom. The van der Waals surface area contributed by atoms with Crippen LogP contribution in [-0.2, 0) is 16.4 Å². The summed E-state index contributed by atoms with van der Waals surface area (Å²) in [5.74, 6) is -0.199. The van der Waals surface area contributed by atoms with Crippen LogP contribution >= 0.6 is 0 Å². The van der Waals surface area contributed by atoms with Crippen LogP contribution in [-0.4, -0.2) is 79.9 Å². The summed E-state index contributed by atoms with van der Waals surface area (Å²) in [6.45, 7) is 3.51. The highest BCUT2D eigenvalue weighted by molar-refractivity contribution is 7.91. The minimum absolute atomic E-state index is 0.0101. The number of hydrogen-bond acceptors (Lipinski definition) is 4. The van der Waals surface area contributed by atoms with Gasteiger partial charge in [0.05, 0.1) is 17.5 Å². The molecule has 2 saturated heterocycles. The highest BCUT2D eigenvalue weighted by Crippen LogP contribution is 2.29. The van der Waals surface area contributed by atoms with Crippen molar-refractivity contribution in [2.75, 3.05) is 38.7 Å². The van der Waals surface area contributed by atoms with Crippen molar-refractivity contribution in [3.8, 4) is 0 Å². The Hall–Kier alpha value is -1.67. The van der Waals surface area contributed by atoms with Crippen molar-refractivity contribution in [1.82, 2.24) is 14.7 Å². The highest BCUT2D eigenvalue weighted by Gasteiger charge is 2.48. The topological polar surface area (TPSA) is 60.9 Å². The van der Waals surface area contributed by atoms with Gasteiger partial charge in [0.2, 0.25) is 0 Å². The first-order valence-corrected chi connectivity index (χ1v) is 10.2. The average Bonchev–Trinajstić information content (AvgIpc) is 2.84. The van der Waals surface area contributed by atoms with Gasteiger partial charge >= 0.3 is 6.03 Å². The van der Waals surface area contributed by atoms with Crippen LogP contribution in [0.25, 0.3) is 0 Å². The third-order valence-electron chi connectivity index (χ3n) is 5.10. The normalized spacial score (nSPS) is 25.7. The third kappa shape index (κ3) is 3.64. The molecule has 0 saturated carbocycles. The molecule has 0 N–H and O–H groups in total. The molecular formula is C17H24FN3O3S. The van der Waals surface area contributed by atoms with Gasteiger partial charge in [-0.3, -0.25) is 4.90 Å². The number of hydrogen-bond donors (Lipinski definition) is 0. The van der Waals surface area contributed by atoms with E-state index in [1.54, 1.807) is 25.1 Å². The lowest BCUT2D eigenvalue weighted by Gasteiger charge is -2.44. The minimum atomic E-state index is -3.18. The molecule has 0 aliphatic carbocycles. The Bertz CT molecular complexity index is 781. The molecule has 0 bridgehead atoms. The van der Waals surface area contributed by atoms with Crippen molar-refractivity contribution >= 4 is 15.9 Å². The summed E-state index contributed by atoms with van der Waals surface area (Å²) in [5, 5.41) is 0. The van der Waals surface area contributed by atoms with Crippen molar-refractivity contribution in [3.63, 3.8) is 0 Å². The first-order chi connectivity index (χ1) is 11.7. The Morgan fingerprint density at radius 2 is 1.92 bits per heavy atom. The van der Waals surface area contributed by atoms with E-state index >= 15 is 0 Å². The second kappa shape index (κ2) is 6.57. The predicted molar refractivity (Wildman–Crippen MR) is 93.6 cm³/mol. The molecule has 1 aromatic carbocycles. The van der Waals surface area contributed by atoms with Crippen LogP contribution in [0.1, 0.15) is 11.1 Å². The Morgan fingerprint density at radius 1 is 1.24 bits per heavy atom. The Balaban J connectivity index is 1.84. The second-order valence-electron chi connectivity index (χ2n) is 7.12. The maximum Gasteiger partial charge on any atom is 0.319 e. The van der Waals surface area contributed by atoms with E-state index in [0.717, 1.165) is 11.1 Å². The SMILES string of the molecule is Cc1cc(F)ccc1CN1CCN(C(=O)N(C)C)[C@H]2CS(=O)(=O)C[C@H]21. The third-order valence-corrected chi connectivity index (χ3v) is 6.80.